The second-order valence-corrected chi connectivity index (χ2v) is 4.80. The molecule has 0 bridgehead atoms. The highest BCUT2D eigenvalue weighted by atomic mass is 79.9. The zero-order chi connectivity index (χ0) is 11.5. The molecule has 0 N–H and O–H groups in total. The molecule has 2 aromatic heterocycles. The number of aromatic nitrogens is 2. The van der Waals surface area contributed by atoms with E-state index in [2.05, 4.69) is 21.0 Å². The van der Waals surface area contributed by atoms with Crippen LogP contribution in [0.2, 0.25) is 0 Å². The first-order valence-corrected chi connectivity index (χ1v) is 6.97. The fourth-order valence-electron chi connectivity index (χ4n) is 1.45. The van der Waals surface area contributed by atoms with Crippen molar-refractivity contribution in [2.24, 2.45) is 0 Å². The summed E-state index contributed by atoms with van der Waals surface area (Å²) in [6.07, 6.45) is 0. The number of thiophene rings is 1. The molecule has 0 saturated carbocycles. The van der Waals surface area contributed by atoms with Crippen molar-refractivity contribution in [3.05, 3.63) is 39.5 Å². The molecule has 0 radical (unpaired) electrons. The monoisotopic (exact) mass is 298 g/mol. The molecular formula is C11H11BrN2OS. The van der Waals surface area contributed by atoms with Gasteiger partial charge in [0, 0.05) is 17.4 Å². The highest BCUT2D eigenvalue weighted by Gasteiger charge is 2.08. The van der Waals surface area contributed by atoms with E-state index in [-0.39, 0.29) is 5.56 Å². The summed E-state index contributed by atoms with van der Waals surface area (Å²) in [5.74, 6) is 0. The minimum atomic E-state index is -0.0142. The Balaban J connectivity index is 2.60. The molecule has 2 heterocycles. The van der Waals surface area contributed by atoms with Gasteiger partial charge in [0.1, 0.15) is 5.69 Å². The minimum Gasteiger partial charge on any atom is -0.267 e. The molecule has 0 saturated heterocycles. The Bertz CT molecular complexity index is 505. The van der Waals surface area contributed by atoms with Gasteiger partial charge in [0.2, 0.25) is 0 Å². The molecule has 0 spiro atoms. The number of aryl methyl sites for hydroxylation is 1. The lowest BCUT2D eigenvalue weighted by molar-refractivity contribution is 0.614. The molecule has 84 valence electrons. The third-order valence-electron chi connectivity index (χ3n) is 2.27. The summed E-state index contributed by atoms with van der Waals surface area (Å²) in [6, 6.07) is 5.85. The smallest absolute Gasteiger partial charge is 0.267 e. The van der Waals surface area contributed by atoms with E-state index in [9.17, 15) is 4.79 Å². The maximum absolute atomic E-state index is 11.8. The lowest BCUT2D eigenvalue weighted by atomic mass is 10.2. The lowest BCUT2D eigenvalue weighted by Gasteiger charge is -2.06. The first kappa shape index (κ1) is 11.5. The average Bonchev–Trinajstić information content (AvgIpc) is 2.83. The Hall–Kier alpha value is -0.940. The van der Waals surface area contributed by atoms with Gasteiger partial charge in [-0.2, -0.15) is 5.10 Å². The highest BCUT2D eigenvalue weighted by Crippen LogP contribution is 2.22. The zero-order valence-electron chi connectivity index (χ0n) is 8.81. The van der Waals surface area contributed by atoms with E-state index in [0.717, 1.165) is 16.1 Å². The van der Waals surface area contributed by atoms with Gasteiger partial charge >= 0.3 is 0 Å². The number of hydrogen-bond acceptors (Lipinski definition) is 3. The number of halogens is 1. The molecule has 16 heavy (non-hydrogen) atoms. The van der Waals surface area contributed by atoms with Crippen LogP contribution in [0.1, 0.15) is 12.5 Å². The molecule has 0 amide bonds. The highest BCUT2D eigenvalue weighted by molar-refractivity contribution is 9.08. The van der Waals surface area contributed by atoms with Gasteiger partial charge in [-0.05, 0) is 24.4 Å². The van der Waals surface area contributed by atoms with E-state index >= 15 is 0 Å². The van der Waals surface area contributed by atoms with E-state index < -0.39 is 0 Å². The van der Waals surface area contributed by atoms with Crippen LogP contribution in [0.4, 0.5) is 0 Å². The van der Waals surface area contributed by atoms with Crippen LogP contribution in [0.25, 0.3) is 10.6 Å². The van der Waals surface area contributed by atoms with Crippen LogP contribution in [0.15, 0.2) is 28.4 Å². The molecule has 3 nitrogen and oxygen atoms in total. The van der Waals surface area contributed by atoms with Gasteiger partial charge in [-0.3, -0.25) is 4.79 Å². The van der Waals surface area contributed by atoms with Gasteiger partial charge in [-0.1, -0.05) is 22.0 Å². The van der Waals surface area contributed by atoms with Crippen molar-refractivity contribution in [2.75, 3.05) is 0 Å². The van der Waals surface area contributed by atoms with Gasteiger partial charge < -0.3 is 0 Å². The Morgan fingerprint density at radius 3 is 2.94 bits per heavy atom. The van der Waals surface area contributed by atoms with Crippen LogP contribution in [-0.2, 0) is 11.9 Å². The molecule has 0 unspecified atom stereocenters. The van der Waals surface area contributed by atoms with E-state index in [1.807, 2.05) is 30.5 Å². The first-order valence-electron chi connectivity index (χ1n) is 4.97. The number of rotatable bonds is 3. The van der Waals surface area contributed by atoms with Crippen LogP contribution in [-0.4, -0.2) is 9.78 Å². The summed E-state index contributed by atoms with van der Waals surface area (Å²) < 4.78 is 1.51. The molecule has 2 rings (SSSR count). The van der Waals surface area contributed by atoms with Crippen molar-refractivity contribution in [3.63, 3.8) is 0 Å². The summed E-state index contributed by atoms with van der Waals surface area (Å²) in [6.45, 7) is 2.52. The standard InChI is InChI=1S/C11H11BrN2OS/c1-2-14-11(15)8(7-12)6-9(13-14)10-4-3-5-16-10/h3-6H,2,7H2,1H3. The predicted molar refractivity (Wildman–Crippen MR) is 70.1 cm³/mol. The molecule has 0 aliphatic heterocycles. The Morgan fingerprint density at radius 1 is 1.56 bits per heavy atom. The molecule has 5 heteroatoms. The summed E-state index contributed by atoms with van der Waals surface area (Å²) in [7, 11) is 0. The van der Waals surface area contributed by atoms with Crippen LogP contribution in [0.3, 0.4) is 0 Å². The van der Waals surface area contributed by atoms with Crippen molar-refractivity contribution in [3.8, 4) is 10.6 Å². The zero-order valence-corrected chi connectivity index (χ0v) is 11.2. The van der Waals surface area contributed by atoms with Gasteiger partial charge in [0.25, 0.3) is 5.56 Å². The Labute approximate surface area is 106 Å². The topological polar surface area (TPSA) is 34.9 Å². The minimum absolute atomic E-state index is 0.0142. The summed E-state index contributed by atoms with van der Waals surface area (Å²) >= 11 is 4.96. The van der Waals surface area contributed by atoms with Crippen LogP contribution in [0, 0.1) is 0 Å². The molecule has 0 aliphatic carbocycles. The fraction of sp³-hybridized carbons (Fsp3) is 0.273. The molecule has 0 aliphatic rings. The van der Waals surface area contributed by atoms with Crippen LogP contribution in [0.5, 0.6) is 0 Å². The molecule has 0 fully saturated rings. The second kappa shape index (κ2) is 4.93. The van der Waals surface area contributed by atoms with Crippen LogP contribution < -0.4 is 5.56 Å². The van der Waals surface area contributed by atoms with E-state index in [0.29, 0.717) is 11.9 Å². The maximum Gasteiger partial charge on any atom is 0.270 e. The molecule has 2 aromatic rings. The lowest BCUT2D eigenvalue weighted by Crippen LogP contribution is -2.25. The maximum atomic E-state index is 11.8. The normalized spacial score (nSPS) is 10.6. The van der Waals surface area contributed by atoms with Gasteiger partial charge in [-0.15, -0.1) is 11.3 Å². The third-order valence-corrected chi connectivity index (χ3v) is 3.76. The number of nitrogens with zero attached hydrogens (tertiary/aromatic N) is 2. The average molecular weight is 299 g/mol. The largest absolute Gasteiger partial charge is 0.270 e. The van der Waals surface area contributed by atoms with Gasteiger partial charge in [-0.25, -0.2) is 4.68 Å². The van der Waals surface area contributed by atoms with E-state index in [1.54, 1.807) is 11.3 Å². The summed E-state index contributed by atoms with van der Waals surface area (Å²) in [5, 5.41) is 6.90. The Kier molecular flexibility index (Phi) is 3.56. The van der Waals surface area contributed by atoms with Crippen molar-refractivity contribution in [1.82, 2.24) is 9.78 Å². The molecular weight excluding hydrogens is 288 g/mol. The summed E-state index contributed by atoms with van der Waals surface area (Å²) in [5.41, 5.74) is 1.60. The van der Waals surface area contributed by atoms with Crippen LogP contribution >= 0.6 is 27.3 Å². The molecule has 0 aromatic carbocycles. The SMILES string of the molecule is CCn1nc(-c2cccs2)cc(CBr)c1=O. The van der Waals surface area contributed by atoms with Crippen molar-refractivity contribution in [1.29, 1.82) is 0 Å². The third kappa shape index (κ3) is 2.10. The van der Waals surface area contributed by atoms with Crippen molar-refractivity contribution in [2.45, 2.75) is 18.8 Å². The van der Waals surface area contributed by atoms with Gasteiger partial charge in [0.15, 0.2) is 0 Å². The number of alkyl halides is 1. The number of hydrogen-bond donors (Lipinski definition) is 0. The predicted octanol–water partition coefficient (Wildman–Crippen LogP) is 2.89. The van der Waals surface area contributed by atoms with E-state index in [1.165, 1.54) is 4.68 Å². The second-order valence-electron chi connectivity index (χ2n) is 3.29. The van der Waals surface area contributed by atoms with Crippen molar-refractivity contribution >= 4 is 27.3 Å². The van der Waals surface area contributed by atoms with Gasteiger partial charge in [0.05, 0.1) is 4.88 Å². The van der Waals surface area contributed by atoms with E-state index in [4.69, 9.17) is 0 Å². The molecule has 0 atom stereocenters. The first-order chi connectivity index (χ1) is 7.76. The fourth-order valence-corrected chi connectivity index (χ4v) is 2.53. The van der Waals surface area contributed by atoms with Crippen molar-refractivity contribution < 1.29 is 0 Å². The quantitative estimate of drug-likeness (QED) is 0.817. The Morgan fingerprint density at radius 2 is 2.38 bits per heavy atom. The summed E-state index contributed by atoms with van der Waals surface area (Å²) in [4.78, 5) is 12.9.